The van der Waals surface area contributed by atoms with Crippen molar-refractivity contribution < 1.29 is 18.3 Å². The topological polar surface area (TPSA) is 30.5 Å². The van der Waals surface area contributed by atoms with Crippen LogP contribution in [0.3, 0.4) is 0 Å². The van der Waals surface area contributed by atoms with Crippen molar-refractivity contribution in [2.75, 3.05) is 19.0 Å². The van der Waals surface area contributed by atoms with Crippen LogP contribution < -0.4 is 14.8 Å². The van der Waals surface area contributed by atoms with E-state index in [9.17, 15) is 8.78 Å². The molecule has 0 radical (unpaired) electrons. The van der Waals surface area contributed by atoms with Crippen LogP contribution in [0.2, 0.25) is 0 Å². The molecule has 0 aromatic heterocycles. The monoisotopic (exact) mass is 259 g/mol. The van der Waals surface area contributed by atoms with Crippen LogP contribution in [0.25, 0.3) is 0 Å². The van der Waals surface area contributed by atoms with Gasteiger partial charge in [0.05, 0.1) is 7.11 Å². The van der Waals surface area contributed by atoms with Gasteiger partial charge in [-0.2, -0.15) is 8.78 Å². The molecule has 0 unspecified atom stereocenters. The van der Waals surface area contributed by atoms with Gasteiger partial charge in [0.2, 0.25) is 0 Å². The Bertz CT molecular complexity index is 359. The first-order valence-electron chi connectivity index (χ1n) is 6.04. The summed E-state index contributed by atoms with van der Waals surface area (Å²) in [4.78, 5) is 0. The summed E-state index contributed by atoms with van der Waals surface area (Å²) in [5.41, 5.74) is 0.752. The smallest absolute Gasteiger partial charge is 0.387 e. The number of unbranched alkanes of at least 4 members (excludes halogenated alkanes) is 2. The molecular formula is C13H19F2NO2. The number of anilines is 1. The molecule has 5 heteroatoms. The maximum Gasteiger partial charge on any atom is 0.387 e. The highest BCUT2D eigenvalue weighted by atomic mass is 19.3. The molecule has 0 atom stereocenters. The molecule has 0 aliphatic heterocycles. The first kappa shape index (κ1) is 14.5. The number of hydrogen-bond acceptors (Lipinski definition) is 3. The van der Waals surface area contributed by atoms with Crippen molar-refractivity contribution in [2.45, 2.75) is 32.8 Å². The van der Waals surface area contributed by atoms with Crippen LogP contribution in [0.4, 0.5) is 14.5 Å². The second-order valence-electron chi connectivity index (χ2n) is 3.88. The molecule has 0 aliphatic rings. The van der Waals surface area contributed by atoms with Gasteiger partial charge in [0.1, 0.15) is 0 Å². The van der Waals surface area contributed by atoms with Crippen molar-refractivity contribution in [2.24, 2.45) is 0 Å². The van der Waals surface area contributed by atoms with Crippen molar-refractivity contribution in [3.05, 3.63) is 18.2 Å². The first-order chi connectivity index (χ1) is 8.67. The third-order valence-electron chi connectivity index (χ3n) is 2.49. The molecule has 18 heavy (non-hydrogen) atoms. The molecule has 1 aromatic carbocycles. The highest BCUT2D eigenvalue weighted by Crippen LogP contribution is 2.31. The normalized spacial score (nSPS) is 10.5. The number of nitrogens with one attached hydrogen (secondary N) is 1. The highest BCUT2D eigenvalue weighted by Gasteiger charge is 2.10. The summed E-state index contributed by atoms with van der Waals surface area (Å²) in [5.74, 6) is 0.349. The SMILES string of the molecule is CCCCCNc1ccc(OC)c(OC(F)F)c1. The molecular weight excluding hydrogens is 240 g/mol. The molecule has 0 bridgehead atoms. The predicted octanol–water partition coefficient (Wildman–Crippen LogP) is 3.90. The molecule has 0 amide bonds. The average Bonchev–Trinajstić information content (AvgIpc) is 2.34. The first-order valence-corrected chi connectivity index (χ1v) is 6.04. The van der Waals surface area contributed by atoms with E-state index in [1.807, 2.05) is 0 Å². The number of methoxy groups -OCH3 is 1. The fourth-order valence-corrected chi connectivity index (χ4v) is 1.58. The van der Waals surface area contributed by atoms with Crippen LogP contribution in [0.1, 0.15) is 26.2 Å². The van der Waals surface area contributed by atoms with Gasteiger partial charge in [-0.15, -0.1) is 0 Å². The zero-order chi connectivity index (χ0) is 13.4. The fourth-order valence-electron chi connectivity index (χ4n) is 1.58. The lowest BCUT2D eigenvalue weighted by Crippen LogP contribution is -2.05. The molecule has 0 spiro atoms. The Morgan fingerprint density at radius 1 is 1.22 bits per heavy atom. The Labute approximate surface area is 106 Å². The number of hydrogen-bond donors (Lipinski definition) is 1. The Kier molecular flexibility index (Phi) is 6.25. The summed E-state index contributed by atoms with van der Waals surface area (Å²) < 4.78 is 33.8. The van der Waals surface area contributed by atoms with E-state index in [0.29, 0.717) is 5.75 Å². The van der Waals surface area contributed by atoms with Crippen LogP contribution in [0.5, 0.6) is 11.5 Å². The Balaban J connectivity index is 2.63. The predicted molar refractivity (Wildman–Crippen MR) is 67.6 cm³/mol. The molecule has 102 valence electrons. The minimum absolute atomic E-state index is 0.0491. The van der Waals surface area contributed by atoms with Crippen molar-refractivity contribution in [3.63, 3.8) is 0 Å². The summed E-state index contributed by atoms with van der Waals surface area (Å²) in [6, 6.07) is 4.92. The molecule has 0 fully saturated rings. The molecule has 0 heterocycles. The second kappa shape index (κ2) is 7.74. The summed E-state index contributed by atoms with van der Waals surface area (Å²) in [5, 5.41) is 3.16. The van der Waals surface area contributed by atoms with Gasteiger partial charge in [0.15, 0.2) is 11.5 Å². The van der Waals surface area contributed by atoms with E-state index < -0.39 is 6.61 Å². The Hall–Kier alpha value is -1.52. The number of halogens is 2. The summed E-state index contributed by atoms with van der Waals surface area (Å²) in [7, 11) is 1.42. The van der Waals surface area contributed by atoms with Gasteiger partial charge in [-0.05, 0) is 18.6 Å². The van der Waals surface area contributed by atoms with Gasteiger partial charge in [0.25, 0.3) is 0 Å². The van der Waals surface area contributed by atoms with Crippen molar-refractivity contribution in [1.29, 1.82) is 0 Å². The van der Waals surface area contributed by atoms with E-state index in [1.165, 1.54) is 13.2 Å². The zero-order valence-corrected chi connectivity index (χ0v) is 10.7. The number of rotatable bonds is 8. The lowest BCUT2D eigenvalue weighted by atomic mass is 10.2. The highest BCUT2D eigenvalue weighted by molar-refractivity contribution is 5.54. The molecule has 1 N–H and O–H groups in total. The number of benzene rings is 1. The fraction of sp³-hybridized carbons (Fsp3) is 0.538. The van der Waals surface area contributed by atoms with Crippen LogP contribution in [-0.2, 0) is 0 Å². The van der Waals surface area contributed by atoms with Gasteiger partial charge < -0.3 is 14.8 Å². The molecule has 1 rings (SSSR count). The third kappa shape index (κ3) is 4.77. The molecule has 0 saturated carbocycles. The number of alkyl halides is 2. The Morgan fingerprint density at radius 3 is 2.61 bits per heavy atom. The van der Waals surface area contributed by atoms with Crippen LogP contribution in [-0.4, -0.2) is 20.3 Å². The molecule has 3 nitrogen and oxygen atoms in total. The minimum Gasteiger partial charge on any atom is -0.493 e. The van der Waals surface area contributed by atoms with Gasteiger partial charge in [-0.3, -0.25) is 0 Å². The number of ether oxygens (including phenoxy) is 2. The average molecular weight is 259 g/mol. The van der Waals surface area contributed by atoms with Gasteiger partial charge >= 0.3 is 6.61 Å². The van der Waals surface area contributed by atoms with Crippen LogP contribution >= 0.6 is 0 Å². The van der Waals surface area contributed by atoms with Crippen molar-refractivity contribution in [1.82, 2.24) is 0 Å². The van der Waals surface area contributed by atoms with E-state index >= 15 is 0 Å². The van der Waals surface area contributed by atoms with E-state index in [-0.39, 0.29) is 5.75 Å². The lowest BCUT2D eigenvalue weighted by molar-refractivity contribution is -0.0511. The molecule has 0 aliphatic carbocycles. The van der Waals surface area contributed by atoms with Gasteiger partial charge in [0, 0.05) is 18.3 Å². The molecule has 1 aromatic rings. The minimum atomic E-state index is -2.85. The summed E-state index contributed by atoms with van der Waals surface area (Å²) in [6.07, 6.45) is 3.33. The second-order valence-corrected chi connectivity index (χ2v) is 3.88. The van der Waals surface area contributed by atoms with Crippen LogP contribution in [0, 0.1) is 0 Å². The zero-order valence-electron chi connectivity index (χ0n) is 10.7. The van der Waals surface area contributed by atoms with Crippen molar-refractivity contribution >= 4 is 5.69 Å². The quantitative estimate of drug-likeness (QED) is 0.718. The van der Waals surface area contributed by atoms with Gasteiger partial charge in [-0.25, -0.2) is 0 Å². The van der Waals surface area contributed by atoms with E-state index in [4.69, 9.17) is 4.74 Å². The summed E-state index contributed by atoms with van der Waals surface area (Å²) >= 11 is 0. The third-order valence-corrected chi connectivity index (χ3v) is 2.49. The van der Waals surface area contributed by atoms with E-state index in [0.717, 1.165) is 31.5 Å². The standard InChI is InChI=1S/C13H19F2NO2/c1-3-4-5-8-16-10-6-7-11(17-2)12(9-10)18-13(14)15/h6-7,9,13,16H,3-5,8H2,1-2H3. The van der Waals surface area contributed by atoms with E-state index in [2.05, 4.69) is 17.0 Å². The van der Waals surface area contributed by atoms with Gasteiger partial charge in [-0.1, -0.05) is 19.8 Å². The van der Waals surface area contributed by atoms with E-state index in [1.54, 1.807) is 12.1 Å². The maximum absolute atomic E-state index is 12.2. The Morgan fingerprint density at radius 2 is 2.00 bits per heavy atom. The maximum atomic E-state index is 12.2. The lowest BCUT2D eigenvalue weighted by Gasteiger charge is -2.12. The summed E-state index contributed by atoms with van der Waals surface area (Å²) in [6.45, 7) is 0.0882. The van der Waals surface area contributed by atoms with Crippen molar-refractivity contribution in [3.8, 4) is 11.5 Å². The molecule has 0 saturated heterocycles. The largest absolute Gasteiger partial charge is 0.493 e. The van der Waals surface area contributed by atoms with Crippen LogP contribution in [0.15, 0.2) is 18.2 Å².